The summed E-state index contributed by atoms with van der Waals surface area (Å²) >= 11 is 7.95. The van der Waals surface area contributed by atoms with Gasteiger partial charge in [-0.2, -0.15) is 0 Å². The lowest BCUT2D eigenvalue weighted by Crippen LogP contribution is -2.44. The average Bonchev–Trinajstić information content (AvgIpc) is 3.28. The van der Waals surface area contributed by atoms with Crippen LogP contribution in [0, 0.1) is 0 Å². The number of aliphatic imine (C=N–C) groups is 1. The van der Waals surface area contributed by atoms with E-state index in [4.69, 9.17) is 11.6 Å². The molecule has 8 heteroatoms. The Kier molecular flexibility index (Phi) is 6.09. The first-order valence-corrected chi connectivity index (χ1v) is 9.71. The highest BCUT2D eigenvalue weighted by Gasteiger charge is 2.25. The zero-order valence-corrected chi connectivity index (χ0v) is 16.1. The van der Waals surface area contributed by atoms with Crippen molar-refractivity contribution in [1.29, 1.82) is 0 Å². The number of nitrogens with one attached hydrogen (secondary N) is 2. The fourth-order valence-electron chi connectivity index (χ4n) is 2.84. The lowest BCUT2D eigenvalue weighted by atomic mass is 10.3. The predicted octanol–water partition coefficient (Wildman–Crippen LogP) is 2.70. The average molecular weight is 379 g/mol. The van der Waals surface area contributed by atoms with E-state index in [-0.39, 0.29) is 0 Å². The molecule has 25 heavy (non-hydrogen) atoms. The van der Waals surface area contributed by atoms with Crippen molar-refractivity contribution in [3.05, 3.63) is 39.4 Å². The van der Waals surface area contributed by atoms with Gasteiger partial charge in [-0.05, 0) is 25.0 Å². The van der Waals surface area contributed by atoms with E-state index in [1.54, 1.807) is 24.6 Å². The molecule has 2 aromatic heterocycles. The van der Waals surface area contributed by atoms with Crippen molar-refractivity contribution >= 4 is 34.7 Å². The Balaban J connectivity index is 1.52. The molecule has 0 aliphatic carbocycles. The number of hydrogen-bond donors (Lipinski definition) is 2. The van der Waals surface area contributed by atoms with E-state index in [1.165, 1.54) is 5.01 Å². The molecule has 0 spiro atoms. The first-order valence-electron chi connectivity index (χ1n) is 8.45. The summed E-state index contributed by atoms with van der Waals surface area (Å²) in [7, 11) is 1.79. The molecule has 3 heterocycles. The molecule has 1 unspecified atom stereocenters. The Morgan fingerprint density at radius 2 is 2.40 bits per heavy atom. The molecule has 134 valence electrons. The number of hydrogen-bond acceptors (Lipinski definition) is 5. The summed E-state index contributed by atoms with van der Waals surface area (Å²) in [5, 5.41) is 10.8. The molecule has 3 rings (SSSR count). The maximum atomic E-state index is 6.25. The zero-order valence-electron chi connectivity index (χ0n) is 14.5. The van der Waals surface area contributed by atoms with Crippen molar-refractivity contribution in [3.63, 3.8) is 0 Å². The minimum atomic E-state index is 0.311. The van der Waals surface area contributed by atoms with E-state index in [9.17, 15) is 0 Å². The third kappa shape index (κ3) is 4.61. The van der Waals surface area contributed by atoms with Crippen LogP contribution < -0.4 is 15.5 Å². The molecule has 2 N–H and O–H groups in total. The van der Waals surface area contributed by atoms with E-state index in [0.717, 1.165) is 43.4 Å². The number of rotatable bonds is 5. The van der Waals surface area contributed by atoms with Crippen LogP contribution in [0.2, 0.25) is 5.02 Å². The second kappa shape index (κ2) is 8.49. The predicted molar refractivity (Wildman–Crippen MR) is 105 cm³/mol. The van der Waals surface area contributed by atoms with Gasteiger partial charge in [-0.15, -0.1) is 11.3 Å². The van der Waals surface area contributed by atoms with Gasteiger partial charge < -0.3 is 15.5 Å². The van der Waals surface area contributed by atoms with Gasteiger partial charge in [0, 0.05) is 37.8 Å². The van der Waals surface area contributed by atoms with E-state index in [1.807, 2.05) is 12.1 Å². The van der Waals surface area contributed by atoms with Crippen LogP contribution >= 0.6 is 22.9 Å². The minimum Gasteiger partial charge on any atom is -0.353 e. The van der Waals surface area contributed by atoms with Crippen molar-refractivity contribution < 1.29 is 0 Å². The maximum absolute atomic E-state index is 6.25. The maximum Gasteiger partial charge on any atom is 0.191 e. The molecule has 0 radical (unpaired) electrons. The van der Waals surface area contributed by atoms with E-state index < -0.39 is 0 Å². The molecule has 1 atom stereocenters. The normalized spacial score (nSPS) is 17.8. The van der Waals surface area contributed by atoms with Crippen LogP contribution in [0.15, 0.2) is 28.7 Å². The fraction of sp³-hybridized carbons (Fsp3) is 0.471. The summed E-state index contributed by atoms with van der Waals surface area (Å²) < 4.78 is 0. The third-order valence-corrected chi connectivity index (χ3v) is 5.47. The van der Waals surface area contributed by atoms with Gasteiger partial charge in [0.2, 0.25) is 0 Å². The van der Waals surface area contributed by atoms with Crippen molar-refractivity contribution in [2.45, 2.75) is 32.4 Å². The van der Waals surface area contributed by atoms with Gasteiger partial charge >= 0.3 is 0 Å². The standard InChI is InChI=1S/C17H23ClN6S/c1-3-15-22-13(11-25-15)9-21-17(19-2)23-12-6-8-24(10-12)16-14(18)5-4-7-20-16/h4-5,7,11-12H,3,6,8-10H2,1-2H3,(H2,19,21,23). The van der Waals surface area contributed by atoms with E-state index in [2.05, 4.69) is 42.8 Å². The molecule has 1 saturated heterocycles. The van der Waals surface area contributed by atoms with Gasteiger partial charge in [0.15, 0.2) is 5.96 Å². The number of pyridine rings is 1. The zero-order chi connectivity index (χ0) is 17.6. The van der Waals surface area contributed by atoms with Crippen LogP contribution in [-0.2, 0) is 13.0 Å². The van der Waals surface area contributed by atoms with Gasteiger partial charge in [0.25, 0.3) is 0 Å². The third-order valence-electron chi connectivity index (χ3n) is 4.13. The molecule has 1 aliphatic heterocycles. The Hall–Kier alpha value is -1.86. The van der Waals surface area contributed by atoms with Gasteiger partial charge in [0.1, 0.15) is 5.82 Å². The lowest BCUT2D eigenvalue weighted by molar-refractivity contribution is 0.647. The van der Waals surface area contributed by atoms with Crippen LogP contribution in [0.5, 0.6) is 0 Å². The SMILES string of the molecule is CCc1nc(CNC(=NC)NC2CCN(c3ncccc3Cl)C2)cs1. The highest BCUT2D eigenvalue weighted by Crippen LogP contribution is 2.25. The quantitative estimate of drug-likeness (QED) is 0.618. The number of aromatic nitrogens is 2. The number of nitrogens with zero attached hydrogens (tertiary/aromatic N) is 4. The summed E-state index contributed by atoms with van der Waals surface area (Å²) in [6.45, 7) is 4.58. The molecule has 0 amide bonds. The van der Waals surface area contributed by atoms with E-state index in [0.29, 0.717) is 17.6 Å². The summed E-state index contributed by atoms with van der Waals surface area (Å²) in [6, 6.07) is 4.04. The highest BCUT2D eigenvalue weighted by molar-refractivity contribution is 7.09. The molecule has 1 aliphatic rings. The Morgan fingerprint density at radius 1 is 1.52 bits per heavy atom. The first-order chi connectivity index (χ1) is 12.2. The minimum absolute atomic E-state index is 0.311. The fourth-order valence-corrected chi connectivity index (χ4v) is 3.82. The van der Waals surface area contributed by atoms with Gasteiger partial charge in [0.05, 0.1) is 22.3 Å². The van der Waals surface area contributed by atoms with Crippen molar-refractivity contribution in [3.8, 4) is 0 Å². The Morgan fingerprint density at radius 3 is 3.12 bits per heavy atom. The topological polar surface area (TPSA) is 65.4 Å². The number of guanidine groups is 1. The molecular weight excluding hydrogens is 356 g/mol. The molecular formula is C17H23ClN6S. The number of thiazole rings is 1. The van der Waals surface area contributed by atoms with E-state index >= 15 is 0 Å². The van der Waals surface area contributed by atoms with Crippen LogP contribution in [0.1, 0.15) is 24.0 Å². The van der Waals surface area contributed by atoms with Crippen molar-refractivity contribution in [1.82, 2.24) is 20.6 Å². The van der Waals surface area contributed by atoms with Crippen LogP contribution in [-0.4, -0.2) is 42.1 Å². The van der Waals surface area contributed by atoms with Crippen LogP contribution in [0.25, 0.3) is 0 Å². The van der Waals surface area contributed by atoms with Crippen molar-refractivity contribution in [2.75, 3.05) is 25.0 Å². The molecule has 6 nitrogen and oxygen atoms in total. The highest BCUT2D eigenvalue weighted by atomic mass is 35.5. The summed E-state index contributed by atoms with van der Waals surface area (Å²) in [5.74, 6) is 1.65. The van der Waals surface area contributed by atoms with Crippen molar-refractivity contribution in [2.24, 2.45) is 4.99 Å². The monoisotopic (exact) mass is 378 g/mol. The number of aryl methyl sites for hydroxylation is 1. The van der Waals surface area contributed by atoms with Gasteiger partial charge in [-0.3, -0.25) is 4.99 Å². The molecule has 1 fully saturated rings. The summed E-state index contributed by atoms with van der Waals surface area (Å²) in [4.78, 5) is 15.5. The van der Waals surface area contributed by atoms with Gasteiger partial charge in [-0.1, -0.05) is 18.5 Å². The Bertz CT molecular complexity index is 731. The first kappa shape index (κ1) is 17.9. The second-order valence-corrected chi connectivity index (χ2v) is 7.25. The summed E-state index contributed by atoms with van der Waals surface area (Å²) in [5.41, 5.74) is 1.05. The smallest absolute Gasteiger partial charge is 0.191 e. The Labute approximate surface area is 157 Å². The molecule has 0 aromatic carbocycles. The summed E-state index contributed by atoms with van der Waals surface area (Å²) in [6.07, 6.45) is 3.77. The molecule has 2 aromatic rings. The van der Waals surface area contributed by atoms with Gasteiger partial charge in [-0.25, -0.2) is 9.97 Å². The molecule has 0 saturated carbocycles. The van der Waals surface area contributed by atoms with Crippen LogP contribution in [0.3, 0.4) is 0 Å². The van der Waals surface area contributed by atoms with Crippen LogP contribution in [0.4, 0.5) is 5.82 Å². The largest absolute Gasteiger partial charge is 0.353 e. The number of halogens is 1. The lowest BCUT2D eigenvalue weighted by Gasteiger charge is -2.20. The molecule has 0 bridgehead atoms. The number of anilines is 1. The second-order valence-electron chi connectivity index (χ2n) is 5.90.